The molecule has 18 heavy (non-hydrogen) atoms. The van der Waals surface area contributed by atoms with Gasteiger partial charge in [-0.2, -0.15) is 5.26 Å². The second-order valence-electron chi connectivity index (χ2n) is 3.19. The Balaban J connectivity index is 3.48. The van der Waals surface area contributed by atoms with Crippen molar-refractivity contribution in [1.29, 1.82) is 5.26 Å². The van der Waals surface area contributed by atoms with Crippen molar-refractivity contribution < 1.29 is 18.3 Å². The molecular formula is C11H9ClF2N2O2. The minimum atomic E-state index is -2.95. The van der Waals surface area contributed by atoms with E-state index in [1.54, 1.807) is 13.0 Å². The van der Waals surface area contributed by atoms with Crippen LogP contribution >= 0.6 is 11.6 Å². The molecule has 96 valence electrons. The van der Waals surface area contributed by atoms with E-state index in [9.17, 15) is 13.6 Å². The molecule has 0 saturated heterocycles. The van der Waals surface area contributed by atoms with Crippen molar-refractivity contribution in [3.05, 3.63) is 28.6 Å². The minimum absolute atomic E-state index is 0.0672. The fraction of sp³-hybridized carbons (Fsp3) is 0.364. The van der Waals surface area contributed by atoms with Gasteiger partial charge in [0.25, 0.3) is 6.43 Å². The fourth-order valence-corrected chi connectivity index (χ4v) is 1.58. The zero-order valence-electron chi connectivity index (χ0n) is 9.41. The van der Waals surface area contributed by atoms with Crippen molar-refractivity contribution in [3.63, 3.8) is 0 Å². The summed E-state index contributed by atoms with van der Waals surface area (Å²) in [4.78, 5) is 15.1. The van der Waals surface area contributed by atoms with Crippen LogP contribution in [0.4, 0.5) is 8.78 Å². The van der Waals surface area contributed by atoms with E-state index >= 15 is 0 Å². The monoisotopic (exact) mass is 274 g/mol. The summed E-state index contributed by atoms with van der Waals surface area (Å²) in [6.07, 6.45) is -1.89. The highest BCUT2D eigenvalue weighted by molar-refractivity contribution is 6.17. The van der Waals surface area contributed by atoms with Crippen LogP contribution in [0.3, 0.4) is 0 Å². The van der Waals surface area contributed by atoms with E-state index in [0.717, 1.165) is 6.20 Å². The standard InChI is InChI=1S/C11H9ClF2N2O2/c1-2-18-11(17)8-6(3-12)5-16-9(10(13)14)7(8)4-15/h5,10H,2-3H2,1H3. The Morgan fingerprint density at radius 2 is 2.33 bits per heavy atom. The van der Waals surface area contributed by atoms with Gasteiger partial charge in [0.2, 0.25) is 0 Å². The summed E-state index contributed by atoms with van der Waals surface area (Å²) in [5.41, 5.74) is -1.27. The average molecular weight is 275 g/mol. The lowest BCUT2D eigenvalue weighted by atomic mass is 10.0. The first kappa shape index (κ1) is 14.3. The molecule has 0 amide bonds. The number of rotatable bonds is 4. The molecule has 1 rings (SSSR count). The molecule has 7 heteroatoms. The Bertz CT molecular complexity index is 501. The molecule has 1 heterocycles. The quantitative estimate of drug-likeness (QED) is 0.625. The summed E-state index contributed by atoms with van der Waals surface area (Å²) in [6, 6.07) is 1.56. The maximum atomic E-state index is 12.7. The van der Waals surface area contributed by atoms with Gasteiger partial charge in [-0.15, -0.1) is 11.6 Å². The summed E-state index contributed by atoms with van der Waals surface area (Å²) in [7, 11) is 0. The van der Waals surface area contributed by atoms with Crippen LogP contribution in [0.2, 0.25) is 0 Å². The number of nitrogens with zero attached hydrogens (tertiary/aromatic N) is 2. The molecule has 0 bridgehead atoms. The van der Waals surface area contributed by atoms with Crippen LogP contribution in [0.25, 0.3) is 0 Å². The van der Waals surface area contributed by atoms with Crippen molar-refractivity contribution in [2.24, 2.45) is 0 Å². The molecule has 0 saturated carbocycles. The average Bonchev–Trinajstić information content (AvgIpc) is 2.36. The van der Waals surface area contributed by atoms with Gasteiger partial charge in [-0.05, 0) is 6.92 Å². The van der Waals surface area contributed by atoms with E-state index < -0.39 is 23.7 Å². The van der Waals surface area contributed by atoms with Gasteiger partial charge in [-0.25, -0.2) is 13.6 Å². The lowest BCUT2D eigenvalue weighted by molar-refractivity contribution is 0.0524. The molecule has 0 fully saturated rings. The number of esters is 1. The van der Waals surface area contributed by atoms with Crippen molar-refractivity contribution in [3.8, 4) is 6.07 Å². The number of ether oxygens (including phenoxy) is 1. The molecule has 0 atom stereocenters. The van der Waals surface area contributed by atoms with Crippen molar-refractivity contribution in [2.45, 2.75) is 19.2 Å². The summed E-state index contributed by atoms with van der Waals surface area (Å²) in [6.45, 7) is 1.64. The minimum Gasteiger partial charge on any atom is -0.462 e. The number of alkyl halides is 3. The second-order valence-corrected chi connectivity index (χ2v) is 3.45. The van der Waals surface area contributed by atoms with Crippen molar-refractivity contribution in [2.75, 3.05) is 6.61 Å². The Labute approximate surface area is 107 Å². The first-order valence-electron chi connectivity index (χ1n) is 4.99. The van der Waals surface area contributed by atoms with E-state index in [1.807, 2.05) is 0 Å². The number of nitriles is 1. The first-order chi connectivity index (χ1) is 8.56. The van der Waals surface area contributed by atoms with Crippen molar-refractivity contribution >= 4 is 17.6 Å². The van der Waals surface area contributed by atoms with Crippen LogP contribution in [0, 0.1) is 11.3 Å². The third-order valence-electron chi connectivity index (χ3n) is 2.13. The van der Waals surface area contributed by atoms with Crippen LogP contribution in [-0.2, 0) is 10.6 Å². The molecule has 0 aliphatic carbocycles. The van der Waals surface area contributed by atoms with Gasteiger partial charge in [0.15, 0.2) is 0 Å². The van der Waals surface area contributed by atoms with Gasteiger partial charge in [-0.3, -0.25) is 4.98 Å². The summed E-state index contributed by atoms with van der Waals surface area (Å²) < 4.78 is 30.1. The van der Waals surface area contributed by atoms with E-state index in [4.69, 9.17) is 21.6 Å². The number of carbonyl (C=O) groups excluding carboxylic acids is 1. The predicted octanol–water partition coefficient (Wildman–Crippen LogP) is 2.81. The van der Waals surface area contributed by atoms with Crippen LogP contribution in [0.5, 0.6) is 0 Å². The highest BCUT2D eigenvalue weighted by Gasteiger charge is 2.25. The Kier molecular flexibility index (Phi) is 4.98. The van der Waals surface area contributed by atoms with Crippen LogP contribution in [0.15, 0.2) is 6.20 Å². The van der Waals surface area contributed by atoms with Gasteiger partial charge in [0, 0.05) is 17.6 Å². The first-order valence-corrected chi connectivity index (χ1v) is 5.53. The summed E-state index contributed by atoms with van der Waals surface area (Å²) >= 11 is 5.59. The number of pyridine rings is 1. The topological polar surface area (TPSA) is 63.0 Å². The van der Waals surface area contributed by atoms with E-state index in [1.165, 1.54) is 0 Å². The molecule has 1 aromatic heterocycles. The lowest BCUT2D eigenvalue weighted by Gasteiger charge is -2.11. The van der Waals surface area contributed by atoms with Crippen LogP contribution < -0.4 is 0 Å². The van der Waals surface area contributed by atoms with Gasteiger partial charge in [0.1, 0.15) is 11.8 Å². The number of hydrogen-bond acceptors (Lipinski definition) is 4. The number of hydrogen-bond donors (Lipinski definition) is 0. The van der Waals surface area contributed by atoms with Gasteiger partial charge < -0.3 is 4.74 Å². The third-order valence-corrected chi connectivity index (χ3v) is 2.42. The van der Waals surface area contributed by atoms with Crippen LogP contribution in [-0.4, -0.2) is 17.6 Å². The molecule has 1 aromatic rings. The Morgan fingerprint density at radius 3 is 2.78 bits per heavy atom. The zero-order valence-corrected chi connectivity index (χ0v) is 10.2. The fourth-order valence-electron chi connectivity index (χ4n) is 1.38. The summed E-state index contributed by atoms with van der Waals surface area (Å²) in [5, 5.41) is 8.91. The number of aromatic nitrogens is 1. The van der Waals surface area contributed by atoms with E-state index in [0.29, 0.717) is 0 Å². The molecule has 0 aromatic carbocycles. The maximum absolute atomic E-state index is 12.7. The van der Waals surface area contributed by atoms with Crippen molar-refractivity contribution in [1.82, 2.24) is 4.98 Å². The molecule has 0 unspecified atom stereocenters. The van der Waals surface area contributed by atoms with Gasteiger partial charge in [0.05, 0.1) is 17.7 Å². The smallest absolute Gasteiger partial charge is 0.339 e. The van der Waals surface area contributed by atoms with E-state index in [-0.39, 0.29) is 23.6 Å². The molecule has 0 aliphatic rings. The van der Waals surface area contributed by atoms with E-state index in [2.05, 4.69) is 4.98 Å². The molecule has 0 N–H and O–H groups in total. The molecule has 0 spiro atoms. The lowest BCUT2D eigenvalue weighted by Crippen LogP contribution is -2.13. The highest BCUT2D eigenvalue weighted by atomic mass is 35.5. The SMILES string of the molecule is CCOC(=O)c1c(CCl)cnc(C(F)F)c1C#N. The summed E-state index contributed by atoms with van der Waals surface area (Å²) in [5.74, 6) is -0.978. The third kappa shape index (κ3) is 2.74. The van der Waals surface area contributed by atoms with Gasteiger partial charge >= 0.3 is 5.97 Å². The van der Waals surface area contributed by atoms with Gasteiger partial charge in [-0.1, -0.05) is 0 Å². The number of carbonyl (C=O) groups is 1. The zero-order chi connectivity index (χ0) is 13.7. The maximum Gasteiger partial charge on any atom is 0.339 e. The largest absolute Gasteiger partial charge is 0.462 e. The molecule has 0 radical (unpaired) electrons. The molecule has 0 aliphatic heterocycles. The Morgan fingerprint density at radius 1 is 1.67 bits per heavy atom. The predicted molar refractivity (Wildman–Crippen MR) is 59.4 cm³/mol. The van der Waals surface area contributed by atoms with Crippen LogP contribution in [0.1, 0.15) is 40.5 Å². The number of halogens is 3. The molecule has 4 nitrogen and oxygen atoms in total. The Hall–Kier alpha value is -1.74. The highest BCUT2D eigenvalue weighted by Crippen LogP contribution is 2.26. The normalized spacial score (nSPS) is 10.2. The second kappa shape index (κ2) is 6.26. The molecular weight excluding hydrogens is 266 g/mol.